The summed E-state index contributed by atoms with van der Waals surface area (Å²) >= 11 is 0. The molecule has 170 valence electrons. The molecule has 3 atom stereocenters. The fraction of sp³-hybridized carbons (Fsp3) is 0.261. The molecule has 2 heterocycles. The first kappa shape index (κ1) is 20.9. The molecule has 2 aliphatic rings. The van der Waals surface area contributed by atoms with Gasteiger partial charge in [0, 0.05) is 29.7 Å². The summed E-state index contributed by atoms with van der Waals surface area (Å²) in [5.41, 5.74) is 6.42. The van der Waals surface area contributed by atoms with Crippen LogP contribution in [0.4, 0.5) is 24.1 Å². The van der Waals surface area contributed by atoms with Crippen LogP contribution in [0.25, 0.3) is 10.9 Å². The molecule has 2 fully saturated rings. The van der Waals surface area contributed by atoms with Gasteiger partial charge in [0.25, 0.3) is 0 Å². The lowest BCUT2D eigenvalue weighted by Crippen LogP contribution is -2.49. The van der Waals surface area contributed by atoms with E-state index in [1.807, 2.05) is 0 Å². The maximum atomic E-state index is 13.9. The third kappa shape index (κ3) is 3.67. The van der Waals surface area contributed by atoms with Crippen molar-refractivity contribution in [1.29, 1.82) is 0 Å². The van der Waals surface area contributed by atoms with Crippen molar-refractivity contribution in [3.8, 4) is 0 Å². The van der Waals surface area contributed by atoms with Crippen molar-refractivity contribution < 1.29 is 23.2 Å². The number of para-hydroxylation sites is 1. The van der Waals surface area contributed by atoms with Crippen LogP contribution >= 0.6 is 0 Å². The van der Waals surface area contributed by atoms with E-state index in [0.29, 0.717) is 23.0 Å². The number of urea groups is 1. The number of hydrogen-bond donors (Lipinski definition) is 3. The van der Waals surface area contributed by atoms with E-state index in [4.69, 9.17) is 5.73 Å². The average Bonchev–Trinajstić information content (AvgIpc) is 3.30. The maximum Gasteiger partial charge on any atom is 0.323 e. The molecule has 0 unspecified atom stereocenters. The van der Waals surface area contributed by atoms with Crippen LogP contribution in [0, 0.1) is 17.6 Å². The highest BCUT2D eigenvalue weighted by molar-refractivity contribution is 6.05. The van der Waals surface area contributed by atoms with Crippen LogP contribution in [-0.2, 0) is 11.3 Å². The van der Waals surface area contributed by atoms with Gasteiger partial charge in [0.05, 0.1) is 11.2 Å². The smallest absolute Gasteiger partial charge is 0.323 e. The number of aromatic nitrogens is 1. The molecule has 1 saturated carbocycles. The molecule has 8 nitrogen and oxygen atoms in total. The number of piperidine rings is 1. The SMILES string of the molecule is NC(=O)n1cc(NC(=O)N2[C@@H]3C[C@@H]3C[C@H]2C(=O)NCc2cccc(F)c2F)c2ccccc21. The molecule has 5 rings (SSSR count). The molecule has 10 heteroatoms. The van der Waals surface area contributed by atoms with E-state index >= 15 is 0 Å². The van der Waals surface area contributed by atoms with Crippen LogP contribution in [0.3, 0.4) is 0 Å². The Balaban J connectivity index is 1.33. The zero-order valence-corrected chi connectivity index (χ0v) is 17.4. The molecule has 33 heavy (non-hydrogen) atoms. The number of fused-ring (bicyclic) bond motifs is 2. The molecule has 1 saturated heterocycles. The van der Waals surface area contributed by atoms with Crippen LogP contribution in [0.5, 0.6) is 0 Å². The number of halogens is 2. The maximum absolute atomic E-state index is 13.9. The highest BCUT2D eigenvalue weighted by Crippen LogP contribution is 2.48. The standard InChI is InChI=1S/C23H21F2N5O3/c24-15-6-3-4-12(20(15)25)10-27-21(31)19-9-13-8-18(13)30(19)23(33)28-16-11-29(22(26)32)17-7-2-1-5-14(16)17/h1-7,11,13,18-19H,8-10H2,(H2,26,32)(H,27,31)(H,28,33)/t13-,18-,19+/m1/s1. The number of anilines is 1. The molecule has 2 aromatic carbocycles. The fourth-order valence-corrected chi connectivity index (χ4v) is 4.61. The second kappa shape index (κ2) is 7.88. The summed E-state index contributed by atoms with van der Waals surface area (Å²) in [6.45, 7) is -0.185. The topological polar surface area (TPSA) is 109 Å². The summed E-state index contributed by atoms with van der Waals surface area (Å²) in [7, 11) is 0. The largest absolute Gasteiger partial charge is 0.351 e. The second-order valence-corrected chi connectivity index (χ2v) is 8.35. The van der Waals surface area contributed by atoms with Crippen LogP contribution in [-0.4, -0.2) is 39.5 Å². The number of benzene rings is 2. The van der Waals surface area contributed by atoms with Gasteiger partial charge in [0.2, 0.25) is 5.91 Å². The van der Waals surface area contributed by atoms with Crippen LogP contribution in [0.15, 0.2) is 48.7 Å². The summed E-state index contributed by atoms with van der Waals surface area (Å²) in [4.78, 5) is 39.3. The first-order chi connectivity index (χ1) is 15.8. The van der Waals surface area contributed by atoms with E-state index in [2.05, 4.69) is 10.6 Å². The van der Waals surface area contributed by atoms with Gasteiger partial charge in [-0.05, 0) is 30.9 Å². The third-order valence-corrected chi connectivity index (χ3v) is 6.32. The Morgan fingerprint density at radius 1 is 1.06 bits per heavy atom. The Morgan fingerprint density at radius 2 is 1.85 bits per heavy atom. The lowest BCUT2D eigenvalue weighted by molar-refractivity contribution is -0.125. The molecule has 0 bridgehead atoms. The van der Waals surface area contributed by atoms with Gasteiger partial charge in [-0.1, -0.05) is 30.3 Å². The van der Waals surface area contributed by atoms with Gasteiger partial charge in [0.15, 0.2) is 11.6 Å². The minimum Gasteiger partial charge on any atom is -0.351 e. The Kier molecular flexibility index (Phi) is 4.99. The number of nitrogens with one attached hydrogen (secondary N) is 2. The first-order valence-electron chi connectivity index (χ1n) is 10.5. The van der Waals surface area contributed by atoms with Crippen molar-refractivity contribution in [2.45, 2.75) is 31.5 Å². The van der Waals surface area contributed by atoms with Gasteiger partial charge >= 0.3 is 12.1 Å². The van der Waals surface area contributed by atoms with Crippen molar-refractivity contribution >= 4 is 34.6 Å². The number of likely N-dealkylation sites (tertiary alicyclic amines) is 1. The van der Waals surface area contributed by atoms with Gasteiger partial charge in [-0.2, -0.15) is 0 Å². The molecular weight excluding hydrogens is 432 g/mol. The fourth-order valence-electron chi connectivity index (χ4n) is 4.61. The summed E-state index contributed by atoms with van der Waals surface area (Å²) < 4.78 is 28.6. The van der Waals surface area contributed by atoms with Crippen molar-refractivity contribution in [3.63, 3.8) is 0 Å². The lowest BCUT2D eigenvalue weighted by atomic mass is 10.1. The molecule has 1 aromatic heterocycles. The summed E-state index contributed by atoms with van der Waals surface area (Å²) in [5.74, 6) is -2.20. The third-order valence-electron chi connectivity index (χ3n) is 6.32. The molecule has 0 radical (unpaired) electrons. The number of hydrogen-bond acceptors (Lipinski definition) is 3. The van der Waals surface area contributed by atoms with Crippen molar-refractivity contribution in [1.82, 2.24) is 14.8 Å². The second-order valence-electron chi connectivity index (χ2n) is 8.35. The van der Waals surface area contributed by atoms with Crippen molar-refractivity contribution in [2.24, 2.45) is 11.7 Å². The number of carbonyl (C=O) groups excluding carboxylic acids is 3. The Labute approximate surface area is 187 Å². The molecule has 4 N–H and O–H groups in total. The minimum atomic E-state index is -1.01. The summed E-state index contributed by atoms with van der Waals surface area (Å²) in [6, 6.07) is 8.83. The molecule has 1 aliphatic heterocycles. The van der Waals surface area contributed by atoms with Gasteiger partial charge in [-0.25, -0.2) is 18.4 Å². The average molecular weight is 453 g/mol. The normalized spacial score (nSPS) is 21.0. The number of amides is 4. The van der Waals surface area contributed by atoms with Crippen LogP contribution in [0.1, 0.15) is 18.4 Å². The Hall–Kier alpha value is -3.95. The molecule has 3 aromatic rings. The van der Waals surface area contributed by atoms with Gasteiger partial charge in [0.1, 0.15) is 6.04 Å². The highest BCUT2D eigenvalue weighted by atomic mass is 19.2. The van der Waals surface area contributed by atoms with E-state index in [1.165, 1.54) is 27.8 Å². The molecule has 0 spiro atoms. The Morgan fingerprint density at radius 3 is 2.64 bits per heavy atom. The number of rotatable bonds is 4. The zero-order chi connectivity index (χ0) is 23.3. The van der Waals surface area contributed by atoms with Crippen LogP contribution in [0.2, 0.25) is 0 Å². The summed E-state index contributed by atoms with van der Waals surface area (Å²) in [6.07, 6.45) is 2.75. The predicted octanol–water partition coefficient (Wildman–Crippen LogP) is 3.16. The molecule has 1 aliphatic carbocycles. The van der Waals surface area contributed by atoms with Gasteiger partial charge < -0.3 is 21.3 Å². The number of carbonyl (C=O) groups is 3. The van der Waals surface area contributed by atoms with E-state index in [-0.39, 0.29) is 24.1 Å². The van der Waals surface area contributed by atoms with Gasteiger partial charge in [-0.3, -0.25) is 9.36 Å². The first-order valence-corrected chi connectivity index (χ1v) is 10.5. The Bertz CT molecular complexity index is 1290. The highest BCUT2D eigenvalue weighted by Gasteiger charge is 2.56. The molecular formula is C23H21F2N5O3. The zero-order valence-electron chi connectivity index (χ0n) is 17.4. The van der Waals surface area contributed by atoms with E-state index < -0.39 is 35.6 Å². The van der Waals surface area contributed by atoms with E-state index in [1.54, 1.807) is 24.3 Å². The summed E-state index contributed by atoms with van der Waals surface area (Å²) in [5, 5.41) is 6.06. The van der Waals surface area contributed by atoms with Crippen molar-refractivity contribution in [2.75, 3.05) is 5.32 Å². The predicted molar refractivity (Wildman–Crippen MR) is 116 cm³/mol. The number of primary amides is 1. The number of nitrogens with two attached hydrogens (primary N) is 1. The van der Waals surface area contributed by atoms with E-state index in [9.17, 15) is 23.2 Å². The monoisotopic (exact) mass is 453 g/mol. The number of nitrogens with zero attached hydrogens (tertiary/aromatic N) is 2. The van der Waals surface area contributed by atoms with E-state index in [0.717, 1.165) is 12.5 Å². The van der Waals surface area contributed by atoms with Gasteiger partial charge in [-0.15, -0.1) is 0 Å². The lowest BCUT2D eigenvalue weighted by Gasteiger charge is -2.27. The quantitative estimate of drug-likeness (QED) is 0.565. The van der Waals surface area contributed by atoms with Crippen LogP contribution < -0.4 is 16.4 Å². The molecule has 4 amide bonds. The van der Waals surface area contributed by atoms with Crippen molar-refractivity contribution in [3.05, 3.63) is 65.9 Å². The minimum absolute atomic E-state index is 0.0294.